The molecule has 5 unspecified atom stereocenters. The van der Waals surface area contributed by atoms with Crippen molar-refractivity contribution in [1.29, 1.82) is 0 Å². The minimum absolute atomic E-state index is 0.0901. The van der Waals surface area contributed by atoms with E-state index < -0.39 is 0 Å². The van der Waals surface area contributed by atoms with Gasteiger partial charge in [-0.3, -0.25) is 0 Å². The Morgan fingerprint density at radius 1 is 0.815 bits per heavy atom. The summed E-state index contributed by atoms with van der Waals surface area (Å²) < 4.78 is 21.6. The second kappa shape index (κ2) is 11.4. The van der Waals surface area contributed by atoms with E-state index in [1.807, 2.05) is 0 Å². The number of hydrogen-bond donors (Lipinski definition) is 0. The zero-order valence-corrected chi connectivity index (χ0v) is 17.0. The third-order valence-electron chi connectivity index (χ3n) is 5.91. The van der Waals surface area contributed by atoms with Crippen molar-refractivity contribution in [3.05, 3.63) is 0 Å². The van der Waals surface area contributed by atoms with Crippen molar-refractivity contribution in [2.75, 3.05) is 13.2 Å². The number of unbranched alkanes of at least 4 members (excludes halogenated alkanes) is 7. The van der Waals surface area contributed by atoms with E-state index in [1.165, 1.54) is 64.2 Å². The Morgan fingerprint density at radius 2 is 1.41 bits per heavy atom. The summed E-state index contributed by atoms with van der Waals surface area (Å²) in [4.78, 5) is 11.8. The van der Waals surface area contributed by atoms with Crippen LogP contribution in [-0.2, 0) is 23.7 Å². The van der Waals surface area contributed by atoms with E-state index in [4.69, 9.17) is 18.9 Å². The van der Waals surface area contributed by atoms with Crippen LogP contribution in [0.2, 0.25) is 0 Å². The van der Waals surface area contributed by atoms with Crippen molar-refractivity contribution in [2.45, 2.75) is 121 Å². The van der Waals surface area contributed by atoms with Crippen LogP contribution in [0.5, 0.6) is 0 Å². The minimum atomic E-state index is -0.307. The summed E-state index contributed by atoms with van der Waals surface area (Å²) in [6.07, 6.45) is 17.1. The maximum atomic E-state index is 11.8. The fourth-order valence-corrected chi connectivity index (χ4v) is 3.86. The molecule has 0 aromatic carbocycles. The number of esters is 1. The molecule has 27 heavy (non-hydrogen) atoms. The first-order valence-corrected chi connectivity index (χ1v) is 11.4. The van der Waals surface area contributed by atoms with Crippen LogP contribution < -0.4 is 0 Å². The van der Waals surface area contributed by atoms with Crippen molar-refractivity contribution >= 4 is 5.97 Å². The number of rotatable bonds is 17. The summed E-state index contributed by atoms with van der Waals surface area (Å²) >= 11 is 0. The standard InChI is InChI=1S/C22H38O5/c1-2-3-4-5-6-8-11-18-19(26-18)12-9-7-10-13-20-21(27-20)22(23)24-15-14-17-16-25-17/h17-21H,2-16H2,1H3. The monoisotopic (exact) mass is 382 g/mol. The summed E-state index contributed by atoms with van der Waals surface area (Å²) in [6, 6.07) is 0. The topological polar surface area (TPSA) is 63.9 Å². The van der Waals surface area contributed by atoms with Crippen molar-refractivity contribution in [2.24, 2.45) is 0 Å². The van der Waals surface area contributed by atoms with Crippen molar-refractivity contribution in [1.82, 2.24) is 0 Å². The quantitative estimate of drug-likeness (QED) is 0.210. The van der Waals surface area contributed by atoms with Gasteiger partial charge in [0.2, 0.25) is 0 Å². The molecule has 0 aliphatic carbocycles. The van der Waals surface area contributed by atoms with Gasteiger partial charge in [0.05, 0.1) is 37.6 Å². The van der Waals surface area contributed by atoms with E-state index >= 15 is 0 Å². The maximum absolute atomic E-state index is 11.8. The van der Waals surface area contributed by atoms with Crippen LogP contribution in [0.1, 0.15) is 90.4 Å². The van der Waals surface area contributed by atoms with Crippen LogP contribution in [-0.4, -0.2) is 49.7 Å². The third-order valence-corrected chi connectivity index (χ3v) is 5.91. The summed E-state index contributed by atoms with van der Waals surface area (Å²) in [7, 11) is 0. The number of ether oxygens (including phenoxy) is 4. The molecule has 5 nitrogen and oxygen atoms in total. The lowest BCUT2D eigenvalue weighted by molar-refractivity contribution is -0.145. The van der Waals surface area contributed by atoms with Gasteiger partial charge in [0.25, 0.3) is 0 Å². The van der Waals surface area contributed by atoms with Gasteiger partial charge in [-0.25, -0.2) is 4.79 Å². The molecule has 3 fully saturated rings. The second-order valence-electron chi connectivity index (χ2n) is 8.41. The fourth-order valence-electron chi connectivity index (χ4n) is 3.86. The highest BCUT2D eigenvalue weighted by Crippen LogP contribution is 2.33. The van der Waals surface area contributed by atoms with Gasteiger partial charge >= 0.3 is 5.97 Å². The van der Waals surface area contributed by atoms with E-state index in [1.54, 1.807) is 0 Å². The molecule has 5 heteroatoms. The Labute approximate surface area is 164 Å². The Morgan fingerprint density at radius 3 is 2.07 bits per heavy atom. The van der Waals surface area contributed by atoms with E-state index in [2.05, 4.69) is 6.92 Å². The first-order chi connectivity index (χ1) is 13.3. The molecule has 0 bridgehead atoms. The van der Waals surface area contributed by atoms with E-state index in [9.17, 15) is 4.79 Å². The summed E-state index contributed by atoms with van der Waals surface area (Å²) in [5.74, 6) is -0.190. The largest absolute Gasteiger partial charge is 0.464 e. The molecular formula is C22H38O5. The lowest BCUT2D eigenvalue weighted by atomic mass is 10.0. The molecule has 3 aliphatic heterocycles. The molecule has 3 heterocycles. The van der Waals surface area contributed by atoms with Crippen LogP contribution in [0, 0.1) is 0 Å². The van der Waals surface area contributed by atoms with Crippen LogP contribution in [0.3, 0.4) is 0 Å². The Hall–Kier alpha value is -0.650. The SMILES string of the molecule is CCCCCCCCC1OC1CCCCCC1OC1C(=O)OCCC1CO1. The Kier molecular flexibility index (Phi) is 8.88. The fraction of sp³-hybridized carbons (Fsp3) is 0.955. The van der Waals surface area contributed by atoms with Gasteiger partial charge in [0, 0.05) is 6.42 Å². The molecule has 0 radical (unpaired) electrons. The lowest BCUT2D eigenvalue weighted by Gasteiger charge is -2.01. The summed E-state index contributed by atoms with van der Waals surface area (Å²) in [6.45, 7) is 3.53. The van der Waals surface area contributed by atoms with Gasteiger partial charge in [-0.05, 0) is 19.3 Å². The van der Waals surface area contributed by atoms with Crippen molar-refractivity contribution < 1.29 is 23.7 Å². The molecular weight excluding hydrogens is 344 g/mol. The van der Waals surface area contributed by atoms with E-state index in [0.717, 1.165) is 25.9 Å². The highest BCUT2D eigenvalue weighted by Gasteiger charge is 2.45. The van der Waals surface area contributed by atoms with Crippen molar-refractivity contribution in [3.8, 4) is 0 Å². The molecule has 0 saturated carbocycles. The molecule has 0 amide bonds. The second-order valence-corrected chi connectivity index (χ2v) is 8.41. The lowest BCUT2D eigenvalue weighted by Crippen LogP contribution is -2.15. The van der Waals surface area contributed by atoms with Gasteiger partial charge in [-0.2, -0.15) is 0 Å². The highest BCUT2D eigenvalue weighted by atomic mass is 16.6. The molecule has 3 aliphatic rings. The molecule has 0 aromatic heterocycles. The van der Waals surface area contributed by atoms with Gasteiger partial charge < -0.3 is 18.9 Å². The average molecular weight is 383 g/mol. The maximum Gasteiger partial charge on any atom is 0.338 e. The van der Waals surface area contributed by atoms with Gasteiger partial charge in [-0.1, -0.05) is 64.7 Å². The summed E-state index contributed by atoms with van der Waals surface area (Å²) in [5.41, 5.74) is 0. The third kappa shape index (κ3) is 8.49. The van der Waals surface area contributed by atoms with Crippen LogP contribution in [0.25, 0.3) is 0 Å². The number of carbonyl (C=O) groups excluding carboxylic acids is 1. The van der Waals surface area contributed by atoms with Gasteiger partial charge in [-0.15, -0.1) is 0 Å². The van der Waals surface area contributed by atoms with Crippen LogP contribution in [0.4, 0.5) is 0 Å². The predicted octanol–water partition coefficient (Wildman–Crippen LogP) is 4.55. The predicted molar refractivity (Wildman–Crippen MR) is 104 cm³/mol. The molecule has 0 N–H and O–H groups in total. The molecule has 3 rings (SSSR count). The zero-order chi connectivity index (χ0) is 18.9. The number of hydrogen-bond acceptors (Lipinski definition) is 5. The molecule has 0 aromatic rings. The normalized spacial score (nSPS) is 30.9. The molecule has 156 valence electrons. The number of epoxide rings is 3. The summed E-state index contributed by atoms with van der Waals surface area (Å²) in [5, 5.41) is 0. The van der Waals surface area contributed by atoms with E-state index in [0.29, 0.717) is 24.9 Å². The Balaban J connectivity index is 1.07. The number of carbonyl (C=O) groups is 1. The van der Waals surface area contributed by atoms with E-state index in [-0.39, 0.29) is 18.2 Å². The average Bonchev–Trinajstić information content (AvgIpc) is 3.51. The first-order valence-electron chi connectivity index (χ1n) is 11.4. The van der Waals surface area contributed by atoms with Crippen LogP contribution >= 0.6 is 0 Å². The molecule has 5 atom stereocenters. The highest BCUT2D eigenvalue weighted by molar-refractivity contribution is 5.77. The van der Waals surface area contributed by atoms with Gasteiger partial charge in [0.15, 0.2) is 6.10 Å². The smallest absolute Gasteiger partial charge is 0.338 e. The molecule has 3 saturated heterocycles. The zero-order valence-electron chi connectivity index (χ0n) is 17.0. The van der Waals surface area contributed by atoms with Gasteiger partial charge in [0.1, 0.15) is 0 Å². The van der Waals surface area contributed by atoms with Crippen molar-refractivity contribution in [3.63, 3.8) is 0 Å². The first kappa shape index (κ1) is 21.1. The Bertz CT molecular complexity index is 436. The van der Waals surface area contributed by atoms with Crippen LogP contribution in [0.15, 0.2) is 0 Å². The molecule has 0 spiro atoms. The minimum Gasteiger partial charge on any atom is -0.464 e.